The summed E-state index contributed by atoms with van der Waals surface area (Å²) in [5.41, 5.74) is 10.2. The highest BCUT2D eigenvalue weighted by Crippen LogP contribution is 2.48. The lowest BCUT2D eigenvalue weighted by molar-refractivity contribution is -0.138. The van der Waals surface area contributed by atoms with E-state index in [1.165, 1.54) is 18.1 Å². The zero-order valence-corrected chi connectivity index (χ0v) is 20.7. The molecule has 2 aliphatic heterocycles. The molecule has 5 rings (SSSR count). The van der Waals surface area contributed by atoms with E-state index in [9.17, 15) is 14.0 Å². The summed E-state index contributed by atoms with van der Waals surface area (Å²) in [4.78, 5) is 32.0. The number of rotatable bonds is 8. The summed E-state index contributed by atoms with van der Waals surface area (Å²) >= 11 is 0. The third-order valence-corrected chi connectivity index (χ3v) is 7.32. The van der Waals surface area contributed by atoms with Gasteiger partial charge < -0.3 is 25.8 Å². The SMILES string of the molecule is COc1ncccc1C(NC(=O)[C@@H]1C[C@@H](F)CN1C(=O)CC1=CNNN1)c1ccc(C2(C)CC2)c(F)c1. The standard InChI is InChI=1S/C26H30F2N6O3/c1-26(7-8-26)19-6-5-15(10-20(19)28)23(18-4-3-9-29-25(18)37-2)31-24(36)21-11-16(27)14-34(21)22(35)12-17-13-30-33-32-17/h3-6,9-10,13,16,21,23,30,32-33H,7-8,11-12,14H2,1-2H3,(H,31,36)/t16-,21+,23?/m1/s1. The number of hydrazine groups is 2. The fraction of sp³-hybridized carbons (Fsp3) is 0.423. The summed E-state index contributed by atoms with van der Waals surface area (Å²) in [5, 5.41) is 2.93. The number of ether oxygens (including phenoxy) is 1. The van der Waals surface area contributed by atoms with Crippen LogP contribution in [0.5, 0.6) is 5.88 Å². The minimum atomic E-state index is -1.33. The average Bonchev–Trinajstić information content (AvgIpc) is 3.25. The average molecular weight is 513 g/mol. The number of methoxy groups -OCH3 is 1. The summed E-state index contributed by atoms with van der Waals surface area (Å²) in [5.74, 6) is -0.991. The number of nitrogens with zero attached hydrogens (tertiary/aromatic N) is 2. The van der Waals surface area contributed by atoms with Crippen LogP contribution in [-0.4, -0.2) is 47.6 Å². The summed E-state index contributed by atoms with van der Waals surface area (Å²) in [6.45, 7) is 1.85. The first-order valence-corrected chi connectivity index (χ1v) is 12.3. The fourth-order valence-electron chi connectivity index (χ4n) is 4.97. The molecule has 1 aromatic carbocycles. The first-order chi connectivity index (χ1) is 17.8. The molecule has 2 amide bonds. The number of benzene rings is 1. The number of hydrogen-bond acceptors (Lipinski definition) is 7. The molecule has 9 nitrogen and oxygen atoms in total. The lowest BCUT2D eigenvalue weighted by Crippen LogP contribution is -2.47. The maximum Gasteiger partial charge on any atom is 0.243 e. The number of amides is 2. The number of alkyl halides is 1. The van der Waals surface area contributed by atoms with Crippen LogP contribution < -0.4 is 26.4 Å². The number of aromatic nitrogens is 1. The van der Waals surface area contributed by atoms with E-state index in [1.54, 1.807) is 36.7 Å². The van der Waals surface area contributed by atoms with Gasteiger partial charge >= 0.3 is 0 Å². The van der Waals surface area contributed by atoms with Crippen LogP contribution in [0.4, 0.5) is 8.78 Å². The Morgan fingerprint density at radius 1 is 1.32 bits per heavy atom. The van der Waals surface area contributed by atoms with Gasteiger partial charge in [-0.25, -0.2) is 13.8 Å². The molecule has 11 heteroatoms. The van der Waals surface area contributed by atoms with E-state index >= 15 is 4.39 Å². The summed E-state index contributed by atoms with van der Waals surface area (Å²) < 4.78 is 35.1. The summed E-state index contributed by atoms with van der Waals surface area (Å²) in [6, 6.07) is 6.56. The number of carbonyl (C=O) groups excluding carboxylic acids is 2. The molecule has 3 aliphatic rings. The van der Waals surface area contributed by atoms with Crippen LogP contribution in [0.1, 0.15) is 55.3 Å². The van der Waals surface area contributed by atoms with Gasteiger partial charge in [-0.2, -0.15) is 5.53 Å². The number of nitrogens with one attached hydrogen (secondary N) is 4. The molecule has 1 unspecified atom stereocenters. The highest BCUT2D eigenvalue weighted by atomic mass is 19.1. The third kappa shape index (κ3) is 5.08. The highest BCUT2D eigenvalue weighted by Gasteiger charge is 2.42. The minimum absolute atomic E-state index is 0.0260. The molecule has 1 saturated heterocycles. The molecule has 1 aliphatic carbocycles. The van der Waals surface area contributed by atoms with Gasteiger partial charge in [0.15, 0.2) is 0 Å². The molecule has 1 aromatic heterocycles. The second-order valence-corrected chi connectivity index (χ2v) is 9.98. The van der Waals surface area contributed by atoms with Crippen LogP contribution in [-0.2, 0) is 15.0 Å². The van der Waals surface area contributed by atoms with Crippen LogP contribution in [0.3, 0.4) is 0 Å². The molecular weight excluding hydrogens is 482 g/mol. The quantitative estimate of drug-likeness (QED) is 0.430. The van der Waals surface area contributed by atoms with Crippen molar-refractivity contribution in [3.05, 3.63) is 70.9 Å². The van der Waals surface area contributed by atoms with Crippen LogP contribution in [0.25, 0.3) is 0 Å². The van der Waals surface area contributed by atoms with Gasteiger partial charge in [0.05, 0.1) is 31.8 Å². The predicted molar refractivity (Wildman–Crippen MR) is 131 cm³/mol. The maximum absolute atomic E-state index is 15.2. The van der Waals surface area contributed by atoms with Gasteiger partial charge in [-0.05, 0) is 47.6 Å². The van der Waals surface area contributed by atoms with Gasteiger partial charge in [0.2, 0.25) is 17.7 Å². The van der Waals surface area contributed by atoms with E-state index in [0.29, 0.717) is 22.4 Å². The van der Waals surface area contributed by atoms with Crippen LogP contribution in [0.15, 0.2) is 48.4 Å². The Morgan fingerprint density at radius 2 is 2.14 bits per heavy atom. The Kier molecular flexibility index (Phi) is 6.72. The largest absolute Gasteiger partial charge is 0.481 e. The van der Waals surface area contributed by atoms with Gasteiger partial charge in [0, 0.05) is 24.4 Å². The number of carbonyl (C=O) groups is 2. The molecule has 0 radical (unpaired) electrons. The van der Waals surface area contributed by atoms with Gasteiger partial charge in [0.1, 0.15) is 18.0 Å². The molecule has 0 bridgehead atoms. The summed E-state index contributed by atoms with van der Waals surface area (Å²) in [6.07, 6.45) is 3.51. The van der Waals surface area contributed by atoms with Gasteiger partial charge in [-0.15, -0.1) is 0 Å². The van der Waals surface area contributed by atoms with Crippen LogP contribution in [0.2, 0.25) is 0 Å². The topological polar surface area (TPSA) is 108 Å². The zero-order chi connectivity index (χ0) is 26.2. The van der Waals surface area contributed by atoms with Crippen molar-refractivity contribution in [2.75, 3.05) is 13.7 Å². The number of pyridine rings is 1. The smallest absolute Gasteiger partial charge is 0.243 e. The molecule has 3 heterocycles. The van der Waals surface area contributed by atoms with Crippen LogP contribution >= 0.6 is 0 Å². The Labute approximate surface area is 213 Å². The Morgan fingerprint density at radius 3 is 2.81 bits per heavy atom. The summed E-state index contributed by atoms with van der Waals surface area (Å²) in [7, 11) is 1.46. The van der Waals surface area contributed by atoms with Gasteiger partial charge in [-0.3, -0.25) is 9.59 Å². The molecule has 37 heavy (non-hydrogen) atoms. The minimum Gasteiger partial charge on any atom is -0.481 e. The van der Waals surface area contributed by atoms with E-state index in [0.717, 1.165) is 12.8 Å². The van der Waals surface area contributed by atoms with E-state index < -0.39 is 24.2 Å². The second-order valence-electron chi connectivity index (χ2n) is 9.98. The third-order valence-electron chi connectivity index (χ3n) is 7.32. The molecule has 196 valence electrons. The molecule has 1 saturated carbocycles. The van der Waals surface area contributed by atoms with Crippen molar-refractivity contribution >= 4 is 11.8 Å². The molecule has 4 N–H and O–H groups in total. The highest BCUT2D eigenvalue weighted by molar-refractivity contribution is 5.89. The zero-order valence-electron chi connectivity index (χ0n) is 20.7. The normalized spacial score (nSPS) is 22.5. The van der Waals surface area contributed by atoms with Crippen molar-refractivity contribution in [2.45, 2.75) is 56.3 Å². The van der Waals surface area contributed by atoms with Crippen molar-refractivity contribution in [3.63, 3.8) is 0 Å². The molecule has 2 fully saturated rings. The monoisotopic (exact) mass is 512 g/mol. The van der Waals surface area contributed by atoms with Gasteiger partial charge in [-0.1, -0.05) is 19.1 Å². The van der Waals surface area contributed by atoms with Crippen molar-refractivity contribution in [1.29, 1.82) is 0 Å². The van der Waals surface area contributed by atoms with E-state index in [-0.39, 0.29) is 42.4 Å². The van der Waals surface area contributed by atoms with Crippen LogP contribution in [0, 0.1) is 5.82 Å². The maximum atomic E-state index is 15.2. The van der Waals surface area contributed by atoms with Gasteiger partial charge in [0.25, 0.3) is 0 Å². The van der Waals surface area contributed by atoms with Crippen molar-refractivity contribution in [1.82, 2.24) is 31.6 Å². The van der Waals surface area contributed by atoms with Crippen molar-refractivity contribution in [2.24, 2.45) is 0 Å². The molecule has 2 aromatic rings. The fourth-order valence-corrected chi connectivity index (χ4v) is 4.97. The molecular formula is C26H30F2N6O3. The van der Waals surface area contributed by atoms with Crippen molar-refractivity contribution in [3.8, 4) is 5.88 Å². The van der Waals surface area contributed by atoms with E-state index in [2.05, 4.69) is 26.7 Å². The van der Waals surface area contributed by atoms with E-state index in [1.807, 2.05) is 6.92 Å². The lowest BCUT2D eigenvalue weighted by atomic mass is 9.92. The Bertz CT molecular complexity index is 1230. The number of halogens is 2. The molecule has 3 atom stereocenters. The second kappa shape index (κ2) is 9.97. The first kappa shape index (κ1) is 24.9. The molecule has 0 spiro atoms. The first-order valence-electron chi connectivity index (χ1n) is 12.3. The Balaban J connectivity index is 1.43. The number of hydrogen-bond donors (Lipinski definition) is 4. The van der Waals surface area contributed by atoms with Crippen molar-refractivity contribution < 1.29 is 23.1 Å². The van der Waals surface area contributed by atoms with E-state index in [4.69, 9.17) is 4.74 Å². The Hall–Kier alpha value is -3.73. The predicted octanol–water partition coefficient (Wildman–Crippen LogP) is 2.27. The lowest BCUT2D eigenvalue weighted by Gasteiger charge is -2.27. The number of likely N-dealkylation sites (tertiary alicyclic amines) is 1.